The van der Waals surface area contributed by atoms with E-state index in [0.717, 1.165) is 6.07 Å². The molecule has 1 fully saturated rings. The topological polar surface area (TPSA) is 46.6 Å². The predicted molar refractivity (Wildman–Crippen MR) is 89.4 cm³/mol. The minimum Gasteiger partial charge on any atom is -0.372 e. The molecule has 0 amide bonds. The van der Waals surface area contributed by atoms with Gasteiger partial charge in [-0.05, 0) is 42.7 Å². The third kappa shape index (κ3) is 4.42. The second-order valence-corrected chi connectivity index (χ2v) is 7.97. The van der Waals surface area contributed by atoms with Crippen molar-refractivity contribution in [3.8, 4) is 0 Å². The maximum Gasteiger partial charge on any atom is 0.243 e. The highest BCUT2D eigenvalue weighted by molar-refractivity contribution is 7.89. The number of nitrogens with zero attached hydrogens (tertiary/aromatic N) is 1. The van der Waals surface area contributed by atoms with E-state index in [-0.39, 0.29) is 24.2 Å². The third-order valence-corrected chi connectivity index (χ3v) is 6.01. The predicted octanol–water partition coefficient (Wildman–Crippen LogP) is 3.33. The molecular formula is C18H19F2NO3S. The first-order valence-electron chi connectivity index (χ1n) is 8.07. The van der Waals surface area contributed by atoms with E-state index in [9.17, 15) is 17.2 Å². The maximum absolute atomic E-state index is 13.2. The summed E-state index contributed by atoms with van der Waals surface area (Å²) in [7, 11) is -3.56. The summed E-state index contributed by atoms with van der Waals surface area (Å²) >= 11 is 0. The van der Waals surface area contributed by atoms with Crippen molar-refractivity contribution in [3.05, 3.63) is 65.7 Å². The number of hydrogen-bond acceptors (Lipinski definition) is 3. The average molecular weight is 367 g/mol. The summed E-state index contributed by atoms with van der Waals surface area (Å²) in [5.41, 5.74) is 0.389. The smallest absolute Gasteiger partial charge is 0.243 e. The second-order valence-electron chi connectivity index (χ2n) is 6.03. The van der Waals surface area contributed by atoms with Gasteiger partial charge in [-0.25, -0.2) is 17.2 Å². The minimum absolute atomic E-state index is 0.0402. The number of hydrogen-bond donors (Lipinski definition) is 0. The van der Waals surface area contributed by atoms with Crippen LogP contribution in [0.5, 0.6) is 0 Å². The van der Waals surface area contributed by atoms with Crippen LogP contribution >= 0.6 is 0 Å². The summed E-state index contributed by atoms with van der Waals surface area (Å²) in [6, 6.07) is 11.5. The molecule has 4 nitrogen and oxygen atoms in total. The molecule has 1 aliphatic heterocycles. The zero-order valence-electron chi connectivity index (χ0n) is 13.6. The van der Waals surface area contributed by atoms with Gasteiger partial charge in [-0.2, -0.15) is 4.31 Å². The van der Waals surface area contributed by atoms with E-state index in [4.69, 9.17) is 4.74 Å². The molecule has 7 heteroatoms. The molecule has 0 spiro atoms. The standard InChI is InChI=1S/C18H19F2NO3S/c19-15-9-14(10-16(20)11-15)13-24-17-5-4-8-21(12-17)25(22,23)18-6-2-1-3-7-18/h1-3,6-7,9-11,17H,4-5,8,12-13H2. The van der Waals surface area contributed by atoms with E-state index >= 15 is 0 Å². The number of ether oxygens (including phenoxy) is 1. The van der Waals surface area contributed by atoms with Gasteiger partial charge in [0.2, 0.25) is 10.0 Å². The molecular weight excluding hydrogens is 348 g/mol. The Morgan fingerprint density at radius 1 is 1.08 bits per heavy atom. The van der Waals surface area contributed by atoms with Gasteiger partial charge in [0, 0.05) is 19.2 Å². The lowest BCUT2D eigenvalue weighted by molar-refractivity contribution is 0.00792. The van der Waals surface area contributed by atoms with Gasteiger partial charge in [0.15, 0.2) is 0 Å². The first kappa shape index (κ1) is 18.0. The van der Waals surface area contributed by atoms with Crippen LogP contribution in [0.4, 0.5) is 8.78 Å². The number of rotatable bonds is 5. The van der Waals surface area contributed by atoms with Crippen molar-refractivity contribution in [1.82, 2.24) is 4.31 Å². The van der Waals surface area contributed by atoms with Gasteiger partial charge < -0.3 is 4.74 Å². The average Bonchev–Trinajstić information content (AvgIpc) is 2.60. The lowest BCUT2D eigenvalue weighted by atomic mass is 10.1. The molecule has 134 valence electrons. The molecule has 25 heavy (non-hydrogen) atoms. The van der Waals surface area contributed by atoms with Gasteiger partial charge in [-0.15, -0.1) is 0 Å². The molecule has 0 saturated carbocycles. The zero-order valence-corrected chi connectivity index (χ0v) is 14.4. The maximum atomic E-state index is 13.2. The molecule has 2 aromatic rings. The monoisotopic (exact) mass is 367 g/mol. The first-order valence-corrected chi connectivity index (χ1v) is 9.51. The van der Waals surface area contributed by atoms with E-state index in [2.05, 4.69) is 0 Å². The molecule has 0 N–H and O–H groups in total. The quantitative estimate of drug-likeness (QED) is 0.814. The van der Waals surface area contributed by atoms with Crippen LogP contribution in [-0.2, 0) is 21.4 Å². The largest absolute Gasteiger partial charge is 0.372 e. The molecule has 2 aromatic carbocycles. The van der Waals surface area contributed by atoms with Crippen molar-refractivity contribution < 1.29 is 21.9 Å². The van der Waals surface area contributed by atoms with E-state index in [1.54, 1.807) is 30.3 Å². The van der Waals surface area contributed by atoms with E-state index in [1.165, 1.54) is 16.4 Å². The Morgan fingerprint density at radius 3 is 2.44 bits per heavy atom. The Labute approximate surface area is 146 Å². The van der Waals surface area contributed by atoms with Crippen LogP contribution in [0.2, 0.25) is 0 Å². The lowest BCUT2D eigenvalue weighted by Gasteiger charge is -2.31. The van der Waals surface area contributed by atoms with E-state index in [1.807, 2.05) is 0 Å². The summed E-state index contributed by atoms with van der Waals surface area (Å²) in [6.07, 6.45) is 1.07. The zero-order chi connectivity index (χ0) is 17.9. The van der Waals surface area contributed by atoms with Crippen LogP contribution in [-0.4, -0.2) is 31.9 Å². The Balaban J connectivity index is 1.65. The Hall–Kier alpha value is -1.83. The summed E-state index contributed by atoms with van der Waals surface area (Å²) in [4.78, 5) is 0.253. The summed E-state index contributed by atoms with van der Waals surface area (Å²) in [5.74, 6) is -1.31. The van der Waals surface area contributed by atoms with Crippen molar-refractivity contribution in [1.29, 1.82) is 0 Å². The van der Waals surface area contributed by atoms with Crippen molar-refractivity contribution >= 4 is 10.0 Å². The van der Waals surface area contributed by atoms with Crippen molar-refractivity contribution in [2.75, 3.05) is 13.1 Å². The van der Waals surface area contributed by atoms with Crippen LogP contribution in [0, 0.1) is 11.6 Å². The summed E-state index contributed by atoms with van der Waals surface area (Å²) in [5, 5.41) is 0. The fourth-order valence-corrected chi connectivity index (χ4v) is 4.44. The Morgan fingerprint density at radius 2 is 1.76 bits per heavy atom. The van der Waals surface area contributed by atoms with Gasteiger partial charge >= 0.3 is 0 Å². The van der Waals surface area contributed by atoms with Crippen molar-refractivity contribution in [2.24, 2.45) is 0 Å². The van der Waals surface area contributed by atoms with Crippen LogP contribution in [0.15, 0.2) is 53.4 Å². The lowest BCUT2D eigenvalue weighted by Crippen LogP contribution is -2.43. The SMILES string of the molecule is O=S(=O)(c1ccccc1)N1CCCC(OCc2cc(F)cc(F)c2)C1. The fourth-order valence-electron chi connectivity index (χ4n) is 2.91. The number of sulfonamides is 1. The van der Waals surface area contributed by atoms with E-state index < -0.39 is 21.7 Å². The molecule has 1 aliphatic rings. The van der Waals surface area contributed by atoms with Crippen LogP contribution in [0.3, 0.4) is 0 Å². The van der Waals surface area contributed by atoms with Gasteiger partial charge in [-0.1, -0.05) is 18.2 Å². The Bertz CT molecular complexity index is 807. The number of benzene rings is 2. The third-order valence-electron chi connectivity index (χ3n) is 4.13. The van der Waals surface area contributed by atoms with E-state index in [0.29, 0.717) is 24.9 Å². The van der Waals surface area contributed by atoms with Crippen molar-refractivity contribution in [2.45, 2.75) is 30.4 Å². The first-order chi connectivity index (χ1) is 11.9. The van der Waals surface area contributed by atoms with Gasteiger partial charge in [-0.3, -0.25) is 0 Å². The molecule has 1 unspecified atom stereocenters. The normalized spacial score (nSPS) is 19.0. The number of halogens is 2. The van der Waals surface area contributed by atoms with Crippen LogP contribution < -0.4 is 0 Å². The van der Waals surface area contributed by atoms with Gasteiger partial charge in [0.25, 0.3) is 0 Å². The molecule has 1 heterocycles. The summed E-state index contributed by atoms with van der Waals surface area (Å²) < 4.78 is 58.9. The molecule has 3 rings (SSSR count). The number of piperidine rings is 1. The molecule has 0 bridgehead atoms. The molecule has 1 saturated heterocycles. The fraction of sp³-hybridized carbons (Fsp3) is 0.333. The summed E-state index contributed by atoms with van der Waals surface area (Å²) in [6.45, 7) is 0.708. The van der Waals surface area contributed by atoms with Crippen molar-refractivity contribution in [3.63, 3.8) is 0 Å². The molecule has 0 aliphatic carbocycles. The highest BCUT2D eigenvalue weighted by atomic mass is 32.2. The van der Waals surface area contributed by atoms with Crippen LogP contribution in [0.1, 0.15) is 18.4 Å². The minimum atomic E-state index is -3.56. The van der Waals surface area contributed by atoms with Crippen LogP contribution in [0.25, 0.3) is 0 Å². The molecule has 0 radical (unpaired) electrons. The second kappa shape index (κ2) is 7.59. The Kier molecular flexibility index (Phi) is 5.46. The molecule has 1 atom stereocenters. The highest BCUT2D eigenvalue weighted by Gasteiger charge is 2.30. The van der Waals surface area contributed by atoms with Gasteiger partial charge in [0.1, 0.15) is 11.6 Å². The highest BCUT2D eigenvalue weighted by Crippen LogP contribution is 2.22. The van der Waals surface area contributed by atoms with Gasteiger partial charge in [0.05, 0.1) is 17.6 Å². The molecule has 0 aromatic heterocycles.